The molecule has 0 unspecified atom stereocenters. The highest BCUT2D eigenvalue weighted by Gasteiger charge is 2.41. The lowest BCUT2D eigenvalue weighted by molar-refractivity contribution is -0.330. The number of fused-ring (bicyclic) bond motifs is 1. The number of nitrogens with one attached hydrogen (secondary N) is 3. The van der Waals surface area contributed by atoms with Gasteiger partial charge in [0.1, 0.15) is 29.6 Å². The smallest absolute Gasteiger partial charge is 0.443 e. The van der Waals surface area contributed by atoms with Gasteiger partial charge in [0.15, 0.2) is 11.6 Å². The van der Waals surface area contributed by atoms with Crippen molar-refractivity contribution in [3.05, 3.63) is 34.9 Å². The summed E-state index contributed by atoms with van der Waals surface area (Å²) >= 11 is 6.02. The minimum absolute atomic E-state index is 0.0101. The van der Waals surface area contributed by atoms with Crippen molar-refractivity contribution in [1.82, 2.24) is 30.1 Å². The molecule has 0 spiro atoms. The molecule has 3 aromatic heterocycles. The predicted molar refractivity (Wildman–Crippen MR) is 116 cm³/mol. The third-order valence-corrected chi connectivity index (χ3v) is 5.45. The van der Waals surface area contributed by atoms with Gasteiger partial charge in [0.2, 0.25) is 0 Å². The molecule has 1 fully saturated rings. The van der Waals surface area contributed by atoms with Crippen molar-refractivity contribution in [1.29, 1.82) is 0 Å². The zero-order valence-corrected chi connectivity index (χ0v) is 19.3. The molecule has 35 heavy (non-hydrogen) atoms. The Morgan fingerprint density at radius 2 is 2.11 bits per heavy atom. The van der Waals surface area contributed by atoms with E-state index in [0.29, 0.717) is 24.1 Å². The number of carbonyl (C=O) groups is 1. The molecule has 1 saturated carbocycles. The molecule has 15 heteroatoms. The Morgan fingerprint density at radius 1 is 1.34 bits per heavy atom. The summed E-state index contributed by atoms with van der Waals surface area (Å²) in [6.07, 6.45) is -5.65. The van der Waals surface area contributed by atoms with Crippen LogP contribution < -0.4 is 10.6 Å². The van der Waals surface area contributed by atoms with Crippen molar-refractivity contribution >= 4 is 34.8 Å². The molecule has 3 aromatic rings. The number of alkyl carbamates (subject to hydrolysis) is 1. The van der Waals surface area contributed by atoms with E-state index in [1.54, 1.807) is 19.9 Å². The molecule has 0 saturated heterocycles. The summed E-state index contributed by atoms with van der Waals surface area (Å²) in [4.78, 5) is 16.0. The van der Waals surface area contributed by atoms with Gasteiger partial charge in [-0.3, -0.25) is 9.84 Å². The predicted octanol–water partition coefficient (Wildman–Crippen LogP) is 4.60. The Morgan fingerprint density at radius 3 is 2.83 bits per heavy atom. The molecular weight excluding hydrogens is 498 g/mol. The Balaban J connectivity index is 1.46. The second kappa shape index (κ2) is 9.85. The van der Waals surface area contributed by atoms with Gasteiger partial charge in [0.25, 0.3) is 0 Å². The van der Waals surface area contributed by atoms with Crippen LogP contribution in [0.5, 0.6) is 0 Å². The fraction of sp³-hybridized carbons (Fsp3) is 0.500. The topological polar surface area (TPSA) is 118 Å². The first-order chi connectivity index (χ1) is 16.5. The molecule has 3 atom stereocenters. The highest BCUT2D eigenvalue weighted by molar-refractivity contribution is 6.29. The molecule has 0 aliphatic heterocycles. The number of alkyl halides is 4. The highest BCUT2D eigenvalue weighted by Crippen LogP contribution is 2.38. The first-order valence-electron chi connectivity index (χ1n) is 10.7. The van der Waals surface area contributed by atoms with Gasteiger partial charge in [-0.25, -0.2) is 18.7 Å². The third kappa shape index (κ3) is 6.11. The van der Waals surface area contributed by atoms with Crippen LogP contribution in [0.3, 0.4) is 0 Å². The highest BCUT2D eigenvalue weighted by atomic mass is 35.5. The number of nitrogens with zero attached hydrogens (tertiary/aromatic N) is 4. The van der Waals surface area contributed by atoms with E-state index >= 15 is 0 Å². The second-order valence-corrected chi connectivity index (χ2v) is 8.70. The lowest BCUT2D eigenvalue weighted by Gasteiger charge is -2.18. The van der Waals surface area contributed by atoms with E-state index in [9.17, 15) is 22.4 Å². The summed E-state index contributed by atoms with van der Waals surface area (Å²) < 4.78 is 62.3. The van der Waals surface area contributed by atoms with Crippen LogP contribution in [0.25, 0.3) is 5.52 Å². The lowest BCUT2D eigenvalue weighted by Crippen LogP contribution is -2.36. The lowest BCUT2D eigenvalue weighted by atomic mass is 10.0. The van der Waals surface area contributed by atoms with E-state index < -0.39 is 37.3 Å². The van der Waals surface area contributed by atoms with E-state index in [1.165, 1.54) is 16.8 Å². The van der Waals surface area contributed by atoms with E-state index in [1.807, 2.05) is 0 Å². The molecule has 3 heterocycles. The maximum absolute atomic E-state index is 15.0. The normalized spacial score (nSPS) is 20.5. The van der Waals surface area contributed by atoms with Crippen LogP contribution in [0.1, 0.15) is 44.0 Å². The van der Waals surface area contributed by atoms with Crippen LogP contribution in [0.2, 0.25) is 5.15 Å². The van der Waals surface area contributed by atoms with Gasteiger partial charge in [-0.1, -0.05) is 11.6 Å². The fourth-order valence-electron chi connectivity index (χ4n) is 3.82. The van der Waals surface area contributed by atoms with Crippen molar-refractivity contribution in [3.8, 4) is 0 Å². The number of rotatable bonds is 7. The van der Waals surface area contributed by atoms with Crippen molar-refractivity contribution in [2.45, 2.75) is 63.9 Å². The van der Waals surface area contributed by atoms with Gasteiger partial charge in [0.05, 0.1) is 11.9 Å². The fourth-order valence-corrected chi connectivity index (χ4v) is 4.00. The number of hydrogen-bond acceptors (Lipinski definition) is 7. The Kier molecular flexibility index (Phi) is 7.03. The first-order valence-corrected chi connectivity index (χ1v) is 11.1. The van der Waals surface area contributed by atoms with Gasteiger partial charge in [0, 0.05) is 23.7 Å². The Hall–Kier alpha value is -3.13. The van der Waals surface area contributed by atoms with E-state index in [2.05, 4.69) is 35.7 Å². The van der Waals surface area contributed by atoms with Crippen molar-refractivity contribution in [2.75, 3.05) is 5.32 Å². The zero-order chi connectivity index (χ0) is 25.3. The van der Waals surface area contributed by atoms with Gasteiger partial charge in [-0.2, -0.15) is 10.2 Å². The first kappa shape index (κ1) is 25.0. The Bertz CT molecular complexity index is 1200. The minimum atomic E-state index is -4.80. The number of H-pyrrole nitrogens is 1. The molecule has 3 N–H and O–H groups in total. The van der Waals surface area contributed by atoms with Crippen LogP contribution in [0.4, 0.5) is 34.0 Å². The molecule has 4 rings (SSSR count). The standard InChI is InChI=1S/C20H22ClF4N7O3/c1-9(2)26-19(33)35-14-4-3-11(17(14)22)12-6-16(30-29-12)28-18-13-5-10(8-34-20(23,24)25)31-32(13)7-15(21)27-18/h5-7,9,11,14,17H,3-4,8H2,1-2H3,(H,26,33)(H2,27,28,29,30)/t11-,14-,17+/m0/s1. The van der Waals surface area contributed by atoms with Crippen LogP contribution in [0, 0.1) is 0 Å². The number of aromatic amines is 1. The number of ether oxygens (including phenoxy) is 2. The van der Waals surface area contributed by atoms with Crippen LogP contribution in [0.15, 0.2) is 18.3 Å². The molecule has 190 valence electrons. The SMILES string of the molecule is CC(C)NC(=O)O[C@H]1CC[C@@H](c2cc(Nc3nc(Cl)cn4nc(COC(F)(F)F)cc34)n[nH]2)[C@H]1F. The maximum atomic E-state index is 15.0. The maximum Gasteiger partial charge on any atom is 0.522 e. The summed E-state index contributed by atoms with van der Waals surface area (Å²) in [5, 5.41) is 16.4. The van der Waals surface area contributed by atoms with Crippen LogP contribution in [-0.4, -0.2) is 55.6 Å². The molecule has 0 aromatic carbocycles. The number of aromatic nitrogens is 5. The Labute approximate surface area is 201 Å². The van der Waals surface area contributed by atoms with Crippen LogP contribution >= 0.6 is 11.6 Å². The summed E-state index contributed by atoms with van der Waals surface area (Å²) in [6.45, 7) is 2.76. The summed E-state index contributed by atoms with van der Waals surface area (Å²) in [6, 6.07) is 2.82. The molecule has 0 radical (unpaired) electrons. The molecular formula is C20H22ClF4N7O3. The van der Waals surface area contributed by atoms with Gasteiger partial charge >= 0.3 is 12.5 Å². The van der Waals surface area contributed by atoms with E-state index in [0.717, 1.165) is 0 Å². The minimum Gasteiger partial charge on any atom is -0.443 e. The van der Waals surface area contributed by atoms with Crippen molar-refractivity contribution in [3.63, 3.8) is 0 Å². The van der Waals surface area contributed by atoms with Crippen LogP contribution in [-0.2, 0) is 16.1 Å². The number of halogens is 5. The zero-order valence-electron chi connectivity index (χ0n) is 18.6. The summed E-state index contributed by atoms with van der Waals surface area (Å²) in [5.74, 6) is -0.112. The molecule has 1 aliphatic carbocycles. The number of anilines is 2. The largest absolute Gasteiger partial charge is 0.522 e. The monoisotopic (exact) mass is 519 g/mol. The number of hydrogen-bond donors (Lipinski definition) is 3. The number of amides is 1. The summed E-state index contributed by atoms with van der Waals surface area (Å²) in [7, 11) is 0. The van der Waals surface area contributed by atoms with E-state index in [4.69, 9.17) is 16.3 Å². The third-order valence-electron chi connectivity index (χ3n) is 5.27. The van der Waals surface area contributed by atoms with E-state index in [-0.39, 0.29) is 28.5 Å². The second-order valence-electron chi connectivity index (χ2n) is 8.32. The van der Waals surface area contributed by atoms with Gasteiger partial charge in [-0.05, 0) is 32.8 Å². The number of carbonyl (C=O) groups excluding carboxylic acids is 1. The quantitative estimate of drug-likeness (QED) is 0.390. The molecule has 1 aliphatic rings. The van der Waals surface area contributed by atoms with Crippen molar-refractivity contribution in [2.24, 2.45) is 0 Å². The van der Waals surface area contributed by atoms with Gasteiger partial charge in [-0.15, -0.1) is 13.2 Å². The molecule has 0 bridgehead atoms. The average Bonchev–Trinajstić information content (AvgIpc) is 3.45. The summed E-state index contributed by atoms with van der Waals surface area (Å²) in [5.41, 5.74) is 0.825. The van der Waals surface area contributed by atoms with Crippen molar-refractivity contribution < 1.29 is 31.8 Å². The molecule has 10 nitrogen and oxygen atoms in total. The molecule has 1 amide bonds. The average molecular weight is 520 g/mol. The van der Waals surface area contributed by atoms with Gasteiger partial charge < -0.3 is 15.4 Å².